The Labute approximate surface area is 154 Å². The zero-order valence-corrected chi connectivity index (χ0v) is 14.6. The molecule has 0 amide bonds. The molecular weight excluding hydrogens is 350 g/mol. The van der Waals surface area contributed by atoms with Gasteiger partial charge in [-0.3, -0.25) is 4.79 Å². The fourth-order valence-electron chi connectivity index (χ4n) is 2.80. The van der Waals surface area contributed by atoms with Gasteiger partial charge in [-0.15, -0.1) is 0 Å². The van der Waals surface area contributed by atoms with Crippen molar-refractivity contribution in [1.29, 1.82) is 0 Å². The van der Waals surface area contributed by atoms with E-state index in [1.807, 2.05) is 24.5 Å². The lowest BCUT2D eigenvalue weighted by Gasteiger charge is -2.09. The van der Waals surface area contributed by atoms with Crippen LogP contribution in [0.2, 0.25) is 5.02 Å². The number of fused-ring (bicyclic) bond motifs is 1. The van der Waals surface area contributed by atoms with Gasteiger partial charge in [0, 0.05) is 13.1 Å². The van der Waals surface area contributed by atoms with Crippen molar-refractivity contribution >= 4 is 28.3 Å². The molecule has 0 unspecified atom stereocenters. The molecule has 0 saturated heterocycles. The number of aromatic nitrogens is 4. The van der Waals surface area contributed by atoms with Gasteiger partial charge >= 0.3 is 0 Å². The molecule has 0 atom stereocenters. The quantitative estimate of drug-likeness (QED) is 0.568. The number of aromatic amines is 1. The van der Waals surface area contributed by atoms with Crippen LogP contribution in [0, 0.1) is 0 Å². The number of hydrogen-bond donors (Lipinski definition) is 2. The van der Waals surface area contributed by atoms with Crippen LogP contribution < -0.4 is 10.9 Å². The number of nitrogens with zero attached hydrogens (tertiary/aromatic N) is 3. The van der Waals surface area contributed by atoms with Gasteiger partial charge in [0.1, 0.15) is 5.02 Å². The van der Waals surface area contributed by atoms with Gasteiger partial charge < -0.3 is 9.88 Å². The Balaban J connectivity index is 1.45. The summed E-state index contributed by atoms with van der Waals surface area (Å²) >= 11 is 5.96. The van der Waals surface area contributed by atoms with Gasteiger partial charge in [0.2, 0.25) is 0 Å². The predicted molar refractivity (Wildman–Crippen MR) is 102 cm³/mol. The monoisotopic (exact) mass is 365 g/mol. The van der Waals surface area contributed by atoms with E-state index in [1.54, 1.807) is 0 Å². The highest BCUT2D eigenvalue weighted by Gasteiger charge is 2.05. The number of H-pyrrole nitrogens is 1. The van der Waals surface area contributed by atoms with Gasteiger partial charge in [-0.2, -0.15) is 5.10 Å². The molecule has 4 rings (SSSR count). The minimum atomic E-state index is -0.403. The van der Waals surface area contributed by atoms with Crippen molar-refractivity contribution < 1.29 is 0 Å². The lowest BCUT2D eigenvalue weighted by molar-refractivity contribution is 0.824. The summed E-state index contributed by atoms with van der Waals surface area (Å²) in [6.07, 6.45) is 3.37. The maximum atomic E-state index is 11.4. The molecule has 6 nitrogen and oxygen atoms in total. The van der Waals surface area contributed by atoms with Gasteiger partial charge in [-0.25, -0.2) is 10.1 Å². The van der Waals surface area contributed by atoms with Crippen LogP contribution in [0.1, 0.15) is 11.1 Å². The molecule has 0 aliphatic carbocycles. The second-order valence-electron chi connectivity index (χ2n) is 5.96. The highest BCUT2D eigenvalue weighted by atomic mass is 35.5. The maximum Gasteiger partial charge on any atom is 0.285 e. The summed E-state index contributed by atoms with van der Waals surface area (Å²) < 4.78 is 2.13. The van der Waals surface area contributed by atoms with Crippen molar-refractivity contribution in [2.75, 3.05) is 5.32 Å². The molecule has 0 saturated carbocycles. The molecular formula is C19H16ClN5O. The second-order valence-corrected chi connectivity index (χ2v) is 6.34. The van der Waals surface area contributed by atoms with Gasteiger partial charge in [0.05, 0.1) is 29.2 Å². The number of nitrogens with one attached hydrogen (secondary N) is 2. The summed E-state index contributed by atoms with van der Waals surface area (Å²) in [6.45, 7) is 1.32. The summed E-state index contributed by atoms with van der Waals surface area (Å²) in [5.41, 5.74) is 4.50. The van der Waals surface area contributed by atoms with E-state index in [0.29, 0.717) is 12.2 Å². The van der Waals surface area contributed by atoms with Crippen LogP contribution >= 0.6 is 11.6 Å². The van der Waals surface area contributed by atoms with Crippen molar-refractivity contribution in [2.45, 2.75) is 13.1 Å². The molecule has 2 heterocycles. The average Bonchev–Trinajstić information content (AvgIpc) is 3.07. The molecule has 26 heavy (non-hydrogen) atoms. The van der Waals surface area contributed by atoms with Crippen LogP contribution in [0.25, 0.3) is 11.0 Å². The Kier molecular flexibility index (Phi) is 4.41. The Bertz CT molecular complexity index is 1100. The largest absolute Gasteiger partial charge is 0.378 e. The fraction of sp³-hybridized carbons (Fsp3) is 0.105. The lowest BCUT2D eigenvalue weighted by atomic mass is 10.1. The van der Waals surface area contributed by atoms with Crippen LogP contribution in [0.5, 0.6) is 0 Å². The van der Waals surface area contributed by atoms with E-state index < -0.39 is 5.56 Å². The molecule has 0 bridgehead atoms. The van der Waals surface area contributed by atoms with Crippen LogP contribution in [0.15, 0.2) is 65.8 Å². The van der Waals surface area contributed by atoms with Crippen molar-refractivity contribution in [3.8, 4) is 0 Å². The molecule has 0 aliphatic heterocycles. The molecule has 0 spiro atoms. The third kappa shape index (κ3) is 3.32. The van der Waals surface area contributed by atoms with Gasteiger partial charge in [0.15, 0.2) is 0 Å². The summed E-state index contributed by atoms with van der Waals surface area (Å²) in [5.74, 6) is 0. The molecule has 0 fully saturated rings. The minimum Gasteiger partial charge on any atom is -0.378 e. The van der Waals surface area contributed by atoms with E-state index in [2.05, 4.69) is 55.4 Å². The fourth-order valence-corrected chi connectivity index (χ4v) is 2.96. The van der Waals surface area contributed by atoms with E-state index in [4.69, 9.17) is 11.6 Å². The van der Waals surface area contributed by atoms with E-state index in [-0.39, 0.29) is 5.02 Å². The van der Waals surface area contributed by atoms with Crippen molar-refractivity contribution in [3.63, 3.8) is 0 Å². The smallest absolute Gasteiger partial charge is 0.285 e. The molecule has 130 valence electrons. The summed E-state index contributed by atoms with van der Waals surface area (Å²) in [4.78, 5) is 15.9. The number of halogens is 1. The lowest BCUT2D eigenvalue weighted by Crippen LogP contribution is -2.11. The first-order valence-corrected chi connectivity index (χ1v) is 8.53. The van der Waals surface area contributed by atoms with Gasteiger partial charge in [0.25, 0.3) is 5.56 Å². The molecule has 2 N–H and O–H groups in total. The van der Waals surface area contributed by atoms with Gasteiger partial charge in [-0.1, -0.05) is 48.0 Å². The van der Waals surface area contributed by atoms with E-state index in [0.717, 1.165) is 23.1 Å². The molecule has 2 aromatic carbocycles. The third-order valence-electron chi connectivity index (χ3n) is 4.18. The average molecular weight is 366 g/mol. The van der Waals surface area contributed by atoms with E-state index in [9.17, 15) is 4.79 Å². The number of para-hydroxylation sites is 2. The number of rotatable bonds is 5. The van der Waals surface area contributed by atoms with Crippen molar-refractivity contribution in [3.05, 3.63) is 87.6 Å². The van der Waals surface area contributed by atoms with Crippen molar-refractivity contribution in [1.82, 2.24) is 19.7 Å². The maximum absolute atomic E-state index is 11.4. The van der Waals surface area contributed by atoms with E-state index in [1.165, 1.54) is 11.8 Å². The highest BCUT2D eigenvalue weighted by Crippen LogP contribution is 2.17. The van der Waals surface area contributed by atoms with Crippen LogP contribution in [0.4, 0.5) is 5.69 Å². The Morgan fingerprint density at radius 2 is 1.85 bits per heavy atom. The first kappa shape index (κ1) is 16.4. The number of benzene rings is 2. The van der Waals surface area contributed by atoms with Crippen molar-refractivity contribution in [2.24, 2.45) is 0 Å². The van der Waals surface area contributed by atoms with E-state index >= 15 is 0 Å². The normalized spacial score (nSPS) is 11.0. The van der Waals surface area contributed by atoms with Gasteiger partial charge in [-0.05, 0) is 23.3 Å². The second kappa shape index (κ2) is 7.01. The zero-order valence-electron chi connectivity index (χ0n) is 13.8. The topological polar surface area (TPSA) is 75.6 Å². The van der Waals surface area contributed by atoms with Crippen LogP contribution in [-0.4, -0.2) is 19.7 Å². The molecule has 0 aliphatic rings. The summed E-state index contributed by atoms with van der Waals surface area (Å²) in [6, 6.07) is 16.4. The third-order valence-corrected chi connectivity index (χ3v) is 4.56. The summed E-state index contributed by atoms with van der Waals surface area (Å²) in [5, 5.41) is 9.28. The Morgan fingerprint density at radius 1 is 1.08 bits per heavy atom. The first-order valence-electron chi connectivity index (χ1n) is 8.15. The standard InChI is InChI=1S/C19H16ClN5O/c20-18-16(10-23-24-19(18)26)21-9-13-5-7-14(8-6-13)11-25-12-22-15-3-1-2-4-17(15)25/h1-8,10,12H,9,11H2,(H2,21,24,26). The zero-order chi connectivity index (χ0) is 17.9. The molecule has 7 heteroatoms. The minimum absolute atomic E-state index is 0.114. The summed E-state index contributed by atoms with van der Waals surface area (Å²) in [7, 11) is 0. The highest BCUT2D eigenvalue weighted by molar-refractivity contribution is 6.32. The molecule has 2 aromatic heterocycles. The Hall–Kier alpha value is -3.12. The Morgan fingerprint density at radius 3 is 2.69 bits per heavy atom. The van der Waals surface area contributed by atoms with Crippen LogP contribution in [0.3, 0.4) is 0 Å². The number of hydrogen-bond acceptors (Lipinski definition) is 4. The predicted octanol–water partition coefficient (Wildman–Crippen LogP) is 3.43. The number of imidazole rings is 1. The SMILES string of the molecule is O=c1[nH]ncc(NCc2ccc(Cn3cnc4ccccc43)cc2)c1Cl. The van der Waals surface area contributed by atoms with Crippen LogP contribution in [-0.2, 0) is 13.1 Å². The number of anilines is 1. The molecule has 0 radical (unpaired) electrons. The first-order chi connectivity index (χ1) is 12.7. The molecule has 4 aromatic rings.